The van der Waals surface area contributed by atoms with E-state index in [0.717, 1.165) is 35.5 Å². The summed E-state index contributed by atoms with van der Waals surface area (Å²) in [6, 6.07) is 3.44. The van der Waals surface area contributed by atoms with E-state index in [1.807, 2.05) is 18.7 Å². The number of nitrogens with zero attached hydrogens (tertiary/aromatic N) is 3. The number of aromatic nitrogens is 3. The SMILES string of the molecule is CCc1c(C(CC)NC)nnn1-c1cc(Br)c(F)cc1C. The lowest BCUT2D eigenvalue weighted by molar-refractivity contribution is 0.555. The molecule has 0 spiro atoms. The van der Waals surface area contributed by atoms with Gasteiger partial charge in [-0.2, -0.15) is 0 Å². The number of benzene rings is 1. The van der Waals surface area contributed by atoms with E-state index in [4.69, 9.17) is 0 Å². The van der Waals surface area contributed by atoms with Crippen LogP contribution in [0.15, 0.2) is 16.6 Å². The molecule has 114 valence electrons. The van der Waals surface area contributed by atoms with Crippen molar-refractivity contribution in [1.29, 1.82) is 0 Å². The molecule has 0 bridgehead atoms. The summed E-state index contributed by atoms with van der Waals surface area (Å²) in [6.45, 7) is 6.06. The third-order valence-corrected chi connectivity index (χ3v) is 4.29. The number of rotatable bonds is 5. The lowest BCUT2D eigenvalue weighted by atomic mass is 10.1. The second-order valence-corrected chi connectivity index (χ2v) is 5.84. The summed E-state index contributed by atoms with van der Waals surface area (Å²) >= 11 is 3.24. The molecule has 0 saturated carbocycles. The first kappa shape index (κ1) is 16.1. The van der Waals surface area contributed by atoms with E-state index in [9.17, 15) is 4.39 Å². The van der Waals surface area contributed by atoms with Crippen molar-refractivity contribution < 1.29 is 4.39 Å². The van der Waals surface area contributed by atoms with Gasteiger partial charge in [-0.3, -0.25) is 0 Å². The van der Waals surface area contributed by atoms with Crippen molar-refractivity contribution in [3.8, 4) is 5.69 Å². The van der Waals surface area contributed by atoms with Crippen molar-refractivity contribution in [2.24, 2.45) is 0 Å². The van der Waals surface area contributed by atoms with Crippen molar-refractivity contribution in [2.75, 3.05) is 7.05 Å². The largest absolute Gasteiger partial charge is 0.312 e. The van der Waals surface area contributed by atoms with Gasteiger partial charge in [0.15, 0.2) is 0 Å². The average molecular weight is 355 g/mol. The molecule has 1 aromatic heterocycles. The Kier molecular flexibility index (Phi) is 5.11. The Morgan fingerprint density at radius 1 is 1.38 bits per heavy atom. The number of aryl methyl sites for hydroxylation is 1. The van der Waals surface area contributed by atoms with Crippen LogP contribution in [0.3, 0.4) is 0 Å². The Morgan fingerprint density at radius 3 is 2.67 bits per heavy atom. The zero-order chi connectivity index (χ0) is 15.6. The van der Waals surface area contributed by atoms with Gasteiger partial charge in [0.25, 0.3) is 0 Å². The quantitative estimate of drug-likeness (QED) is 0.889. The van der Waals surface area contributed by atoms with Gasteiger partial charge in [-0.15, -0.1) is 5.10 Å². The van der Waals surface area contributed by atoms with Crippen LogP contribution in [-0.4, -0.2) is 22.0 Å². The summed E-state index contributed by atoms with van der Waals surface area (Å²) in [5, 5.41) is 11.9. The first-order valence-corrected chi connectivity index (χ1v) is 7.90. The van der Waals surface area contributed by atoms with E-state index in [1.165, 1.54) is 6.07 Å². The first-order chi connectivity index (χ1) is 10.0. The number of hydrogen-bond donors (Lipinski definition) is 1. The molecule has 1 N–H and O–H groups in total. The van der Waals surface area contributed by atoms with Gasteiger partial charge in [0.1, 0.15) is 11.5 Å². The molecule has 1 unspecified atom stereocenters. The van der Waals surface area contributed by atoms with Crippen LogP contribution in [0.5, 0.6) is 0 Å². The van der Waals surface area contributed by atoms with Gasteiger partial charge in [0.05, 0.1) is 21.9 Å². The molecule has 6 heteroatoms. The van der Waals surface area contributed by atoms with Gasteiger partial charge in [-0.25, -0.2) is 9.07 Å². The Labute approximate surface area is 132 Å². The molecule has 0 aliphatic heterocycles. The Morgan fingerprint density at radius 2 is 2.10 bits per heavy atom. The van der Waals surface area contributed by atoms with Crippen LogP contribution in [0, 0.1) is 12.7 Å². The van der Waals surface area contributed by atoms with Crippen molar-refractivity contribution in [3.05, 3.63) is 39.4 Å². The third-order valence-electron chi connectivity index (χ3n) is 3.68. The van der Waals surface area contributed by atoms with Crippen molar-refractivity contribution in [2.45, 2.75) is 39.7 Å². The molecule has 0 saturated heterocycles. The monoisotopic (exact) mass is 354 g/mol. The Balaban J connectivity index is 2.58. The summed E-state index contributed by atoms with van der Waals surface area (Å²) in [5.74, 6) is -0.267. The minimum absolute atomic E-state index is 0.179. The lowest BCUT2D eigenvalue weighted by Gasteiger charge is -2.14. The highest BCUT2D eigenvalue weighted by Crippen LogP contribution is 2.26. The van der Waals surface area contributed by atoms with Gasteiger partial charge in [0.2, 0.25) is 0 Å². The molecular formula is C15H20BrFN4. The molecule has 1 atom stereocenters. The van der Waals surface area contributed by atoms with Crippen LogP contribution in [0.4, 0.5) is 4.39 Å². The van der Waals surface area contributed by atoms with Gasteiger partial charge in [-0.1, -0.05) is 19.1 Å². The number of nitrogens with one attached hydrogen (secondary N) is 1. The molecule has 2 aromatic rings. The summed E-state index contributed by atoms with van der Waals surface area (Å²) in [5.41, 5.74) is 3.70. The first-order valence-electron chi connectivity index (χ1n) is 7.11. The highest BCUT2D eigenvalue weighted by molar-refractivity contribution is 9.10. The third kappa shape index (κ3) is 3.01. The highest BCUT2D eigenvalue weighted by Gasteiger charge is 2.20. The smallest absolute Gasteiger partial charge is 0.137 e. The van der Waals surface area contributed by atoms with Crippen molar-refractivity contribution >= 4 is 15.9 Å². The van der Waals surface area contributed by atoms with Gasteiger partial charge >= 0.3 is 0 Å². The molecule has 0 radical (unpaired) electrons. The highest BCUT2D eigenvalue weighted by atomic mass is 79.9. The van der Waals surface area contributed by atoms with Gasteiger partial charge in [-0.05, 0) is 60.4 Å². The van der Waals surface area contributed by atoms with Crippen LogP contribution in [-0.2, 0) is 6.42 Å². The fourth-order valence-electron chi connectivity index (χ4n) is 2.51. The minimum atomic E-state index is -0.267. The van der Waals surface area contributed by atoms with Crippen LogP contribution in [0.25, 0.3) is 5.69 Å². The average Bonchev–Trinajstić information content (AvgIpc) is 2.88. The zero-order valence-corrected chi connectivity index (χ0v) is 14.3. The van der Waals surface area contributed by atoms with E-state index in [1.54, 1.807) is 6.07 Å². The van der Waals surface area contributed by atoms with Crippen LogP contribution >= 0.6 is 15.9 Å². The molecule has 1 heterocycles. The number of hydrogen-bond acceptors (Lipinski definition) is 3. The fourth-order valence-corrected chi connectivity index (χ4v) is 2.84. The molecule has 0 fully saturated rings. The summed E-state index contributed by atoms with van der Waals surface area (Å²) in [7, 11) is 1.92. The predicted octanol–water partition coefficient (Wildman–Crippen LogP) is 3.71. The maximum Gasteiger partial charge on any atom is 0.137 e. The Hall–Kier alpha value is -1.27. The second kappa shape index (κ2) is 6.66. The predicted molar refractivity (Wildman–Crippen MR) is 85.2 cm³/mol. The van der Waals surface area contributed by atoms with E-state index in [2.05, 4.69) is 45.4 Å². The standard InChI is InChI=1S/C15H20BrFN4/c1-5-12(18-4)15-13(6-2)21(20-19-15)14-8-10(16)11(17)7-9(14)3/h7-8,12,18H,5-6H2,1-4H3. The van der Waals surface area contributed by atoms with Crippen LogP contribution in [0.2, 0.25) is 0 Å². The normalized spacial score (nSPS) is 12.7. The minimum Gasteiger partial charge on any atom is -0.312 e. The fraction of sp³-hybridized carbons (Fsp3) is 0.467. The van der Waals surface area contributed by atoms with E-state index in [0.29, 0.717) is 4.47 Å². The summed E-state index contributed by atoms with van der Waals surface area (Å²) < 4.78 is 15.8. The van der Waals surface area contributed by atoms with E-state index >= 15 is 0 Å². The molecule has 2 rings (SSSR count). The van der Waals surface area contributed by atoms with Crippen molar-refractivity contribution in [3.63, 3.8) is 0 Å². The Bertz CT molecular complexity index is 635. The van der Waals surface area contributed by atoms with E-state index < -0.39 is 0 Å². The molecule has 21 heavy (non-hydrogen) atoms. The van der Waals surface area contributed by atoms with Crippen LogP contribution in [0.1, 0.15) is 43.3 Å². The molecule has 0 aliphatic rings. The lowest BCUT2D eigenvalue weighted by Crippen LogP contribution is -2.17. The zero-order valence-electron chi connectivity index (χ0n) is 12.7. The van der Waals surface area contributed by atoms with Crippen LogP contribution < -0.4 is 5.32 Å². The topological polar surface area (TPSA) is 42.7 Å². The molecule has 0 amide bonds. The van der Waals surface area contributed by atoms with Gasteiger partial charge < -0.3 is 5.32 Å². The molecular weight excluding hydrogens is 335 g/mol. The molecule has 0 aliphatic carbocycles. The number of halogens is 2. The summed E-state index contributed by atoms with van der Waals surface area (Å²) in [6.07, 6.45) is 1.75. The summed E-state index contributed by atoms with van der Waals surface area (Å²) in [4.78, 5) is 0. The maximum atomic E-state index is 13.6. The van der Waals surface area contributed by atoms with Crippen molar-refractivity contribution in [1.82, 2.24) is 20.3 Å². The molecule has 1 aromatic carbocycles. The molecule has 4 nitrogen and oxygen atoms in total. The second-order valence-electron chi connectivity index (χ2n) is 4.99. The van der Waals surface area contributed by atoms with E-state index in [-0.39, 0.29) is 11.9 Å². The maximum absolute atomic E-state index is 13.6. The van der Waals surface area contributed by atoms with Gasteiger partial charge in [0, 0.05) is 0 Å².